The van der Waals surface area contributed by atoms with E-state index in [1.165, 1.54) is 16.5 Å². The molecular weight excluding hydrogens is 236 g/mol. The van der Waals surface area contributed by atoms with Crippen molar-refractivity contribution >= 4 is 22.1 Å². The number of nitrogens with zero attached hydrogens (tertiary/aromatic N) is 1. The number of benzene rings is 2. The zero-order valence-corrected chi connectivity index (χ0v) is 11.9. The Kier molecular flexibility index (Phi) is 4.63. The molecule has 0 bridgehead atoms. The van der Waals surface area contributed by atoms with Crippen molar-refractivity contribution in [3.05, 3.63) is 36.4 Å². The van der Waals surface area contributed by atoms with E-state index in [1.54, 1.807) is 7.11 Å². The molecular formula is C16H22N2O. The molecule has 2 aromatic rings. The van der Waals surface area contributed by atoms with Gasteiger partial charge in [0, 0.05) is 31.6 Å². The second kappa shape index (κ2) is 6.43. The number of hydrogen-bond acceptors (Lipinski definition) is 3. The molecule has 102 valence electrons. The minimum atomic E-state index is 0.529. The highest BCUT2D eigenvalue weighted by Crippen LogP contribution is 2.24. The normalized spacial score (nSPS) is 10.7. The lowest BCUT2D eigenvalue weighted by Gasteiger charge is -2.21. The van der Waals surface area contributed by atoms with E-state index in [2.05, 4.69) is 60.5 Å². The van der Waals surface area contributed by atoms with Crippen molar-refractivity contribution in [2.75, 3.05) is 37.1 Å². The molecule has 19 heavy (non-hydrogen) atoms. The van der Waals surface area contributed by atoms with Crippen LogP contribution in [0.1, 0.15) is 13.8 Å². The van der Waals surface area contributed by atoms with E-state index in [-0.39, 0.29) is 0 Å². The summed E-state index contributed by atoms with van der Waals surface area (Å²) in [6.07, 6.45) is 0. The van der Waals surface area contributed by atoms with Gasteiger partial charge in [-0.1, -0.05) is 12.1 Å². The molecule has 0 aliphatic rings. The molecule has 0 aliphatic heterocycles. The average Bonchev–Trinajstić information content (AvgIpc) is 2.46. The van der Waals surface area contributed by atoms with E-state index in [9.17, 15) is 0 Å². The summed E-state index contributed by atoms with van der Waals surface area (Å²) in [7, 11) is 1.69. The van der Waals surface area contributed by atoms with E-state index in [0.717, 1.165) is 18.8 Å². The maximum Gasteiger partial charge on any atom is 0.116 e. The first-order chi connectivity index (χ1) is 9.28. The van der Waals surface area contributed by atoms with Crippen molar-refractivity contribution in [1.29, 1.82) is 0 Å². The van der Waals surface area contributed by atoms with Gasteiger partial charge in [0.15, 0.2) is 0 Å². The lowest BCUT2D eigenvalue weighted by Crippen LogP contribution is -2.21. The van der Waals surface area contributed by atoms with Crippen LogP contribution in [0.4, 0.5) is 11.4 Å². The number of fused-ring (bicyclic) bond motifs is 1. The van der Waals surface area contributed by atoms with E-state index in [4.69, 9.17) is 4.74 Å². The van der Waals surface area contributed by atoms with Gasteiger partial charge in [-0.3, -0.25) is 0 Å². The van der Waals surface area contributed by atoms with Crippen LogP contribution in [0, 0.1) is 0 Å². The van der Waals surface area contributed by atoms with Crippen molar-refractivity contribution in [2.24, 2.45) is 0 Å². The van der Waals surface area contributed by atoms with Gasteiger partial charge in [0.2, 0.25) is 0 Å². The topological polar surface area (TPSA) is 24.5 Å². The third-order valence-electron chi connectivity index (χ3n) is 3.37. The number of methoxy groups -OCH3 is 1. The Hall–Kier alpha value is -1.74. The SMILES string of the molecule is CCN(CC)c1ccc2ccc(NCOC)cc2c1. The van der Waals surface area contributed by atoms with Crippen molar-refractivity contribution in [1.82, 2.24) is 0 Å². The van der Waals surface area contributed by atoms with Crippen molar-refractivity contribution in [2.45, 2.75) is 13.8 Å². The Morgan fingerprint density at radius 2 is 1.74 bits per heavy atom. The zero-order valence-electron chi connectivity index (χ0n) is 11.9. The van der Waals surface area contributed by atoms with E-state index in [1.807, 2.05) is 0 Å². The van der Waals surface area contributed by atoms with Crippen molar-refractivity contribution in [3.63, 3.8) is 0 Å². The molecule has 0 saturated carbocycles. The van der Waals surface area contributed by atoms with E-state index < -0.39 is 0 Å². The highest BCUT2D eigenvalue weighted by Gasteiger charge is 2.03. The fourth-order valence-electron chi connectivity index (χ4n) is 2.29. The smallest absolute Gasteiger partial charge is 0.116 e. The van der Waals surface area contributed by atoms with Gasteiger partial charge in [0.05, 0.1) is 0 Å². The van der Waals surface area contributed by atoms with E-state index in [0.29, 0.717) is 6.73 Å². The predicted molar refractivity (Wildman–Crippen MR) is 83.0 cm³/mol. The summed E-state index contributed by atoms with van der Waals surface area (Å²) in [5.41, 5.74) is 2.37. The molecule has 0 heterocycles. The summed E-state index contributed by atoms with van der Waals surface area (Å²) in [4.78, 5) is 2.36. The molecule has 0 aromatic heterocycles. The molecule has 0 radical (unpaired) electrons. The Balaban J connectivity index is 2.33. The Labute approximate surface area is 115 Å². The first kappa shape index (κ1) is 13.7. The van der Waals surface area contributed by atoms with Crippen LogP contribution in [0.3, 0.4) is 0 Å². The lowest BCUT2D eigenvalue weighted by molar-refractivity contribution is 0.221. The Morgan fingerprint density at radius 3 is 2.42 bits per heavy atom. The monoisotopic (exact) mass is 258 g/mol. The number of anilines is 2. The molecule has 0 saturated heterocycles. The maximum absolute atomic E-state index is 5.04. The zero-order chi connectivity index (χ0) is 13.7. The minimum absolute atomic E-state index is 0.529. The van der Waals surface area contributed by atoms with Crippen LogP contribution in [-0.4, -0.2) is 26.9 Å². The number of ether oxygens (including phenoxy) is 1. The molecule has 1 N–H and O–H groups in total. The van der Waals surface area contributed by atoms with Gasteiger partial charge in [-0.2, -0.15) is 0 Å². The van der Waals surface area contributed by atoms with Gasteiger partial charge in [-0.05, 0) is 48.9 Å². The Bertz CT molecular complexity index is 535. The van der Waals surface area contributed by atoms with Crippen LogP contribution in [-0.2, 0) is 4.74 Å². The molecule has 0 aliphatic carbocycles. The standard InChI is InChI=1S/C16H22N2O/c1-4-18(5-2)16-9-7-13-6-8-15(17-12-19-3)10-14(13)11-16/h6-11,17H,4-5,12H2,1-3H3. The molecule has 2 rings (SSSR count). The summed E-state index contributed by atoms with van der Waals surface area (Å²) in [5, 5.41) is 5.75. The second-order valence-corrected chi connectivity index (χ2v) is 4.53. The number of nitrogens with one attached hydrogen (secondary N) is 1. The molecule has 0 spiro atoms. The van der Waals surface area contributed by atoms with Gasteiger partial charge >= 0.3 is 0 Å². The predicted octanol–water partition coefficient (Wildman–Crippen LogP) is 3.70. The third kappa shape index (κ3) is 3.18. The van der Waals surface area contributed by atoms with Crippen molar-refractivity contribution < 1.29 is 4.74 Å². The first-order valence-electron chi connectivity index (χ1n) is 6.80. The van der Waals surface area contributed by atoms with Crippen LogP contribution in [0.5, 0.6) is 0 Å². The average molecular weight is 258 g/mol. The summed E-state index contributed by atoms with van der Waals surface area (Å²) in [6.45, 7) is 6.96. The number of hydrogen-bond donors (Lipinski definition) is 1. The van der Waals surface area contributed by atoms with Gasteiger partial charge < -0.3 is 15.0 Å². The quantitative estimate of drug-likeness (QED) is 0.800. The van der Waals surface area contributed by atoms with Gasteiger partial charge in [-0.25, -0.2) is 0 Å². The minimum Gasteiger partial charge on any atom is -0.372 e. The summed E-state index contributed by atoms with van der Waals surface area (Å²) < 4.78 is 5.04. The van der Waals surface area contributed by atoms with Crippen molar-refractivity contribution in [3.8, 4) is 0 Å². The summed E-state index contributed by atoms with van der Waals surface area (Å²) in [5.74, 6) is 0. The number of rotatable bonds is 6. The first-order valence-corrected chi connectivity index (χ1v) is 6.80. The largest absolute Gasteiger partial charge is 0.372 e. The molecule has 3 heteroatoms. The van der Waals surface area contributed by atoms with Crippen LogP contribution < -0.4 is 10.2 Å². The van der Waals surface area contributed by atoms with Crippen LogP contribution in [0.25, 0.3) is 10.8 Å². The molecule has 0 fully saturated rings. The van der Waals surface area contributed by atoms with Gasteiger partial charge in [0.1, 0.15) is 6.73 Å². The van der Waals surface area contributed by atoms with Crippen LogP contribution in [0.2, 0.25) is 0 Å². The molecule has 3 nitrogen and oxygen atoms in total. The highest BCUT2D eigenvalue weighted by molar-refractivity contribution is 5.88. The highest BCUT2D eigenvalue weighted by atomic mass is 16.5. The third-order valence-corrected chi connectivity index (χ3v) is 3.37. The Morgan fingerprint density at radius 1 is 1.00 bits per heavy atom. The van der Waals surface area contributed by atoms with Gasteiger partial charge in [-0.15, -0.1) is 0 Å². The van der Waals surface area contributed by atoms with Crippen LogP contribution in [0.15, 0.2) is 36.4 Å². The summed E-state index contributed by atoms with van der Waals surface area (Å²) in [6, 6.07) is 13.0. The fourth-order valence-corrected chi connectivity index (χ4v) is 2.29. The molecule has 0 amide bonds. The van der Waals surface area contributed by atoms with Gasteiger partial charge in [0.25, 0.3) is 0 Å². The molecule has 0 unspecified atom stereocenters. The molecule has 2 aromatic carbocycles. The van der Waals surface area contributed by atoms with E-state index >= 15 is 0 Å². The fraction of sp³-hybridized carbons (Fsp3) is 0.375. The molecule has 0 atom stereocenters. The summed E-state index contributed by atoms with van der Waals surface area (Å²) >= 11 is 0. The van der Waals surface area contributed by atoms with Crippen LogP contribution >= 0.6 is 0 Å². The maximum atomic E-state index is 5.04. The second-order valence-electron chi connectivity index (χ2n) is 4.53. The lowest BCUT2D eigenvalue weighted by atomic mass is 10.1.